The first-order valence-corrected chi connectivity index (χ1v) is 11.9. The van der Waals surface area contributed by atoms with Crippen LogP contribution in [0.25, 0.3) is 11.2 Å². The predicted octanol–water partition coefficient (Wildman–Crippen LogP) is 3.85. The van der Waals surface area contributed by atoms with Crippen molar-refractivity contribution in [3.05, 3.63) is 24.1 Å². The molecule has 0 aromatic carbocycles. The third-order valence-corrected chi connectivity index (χ3v) is 5.52. The Kier molecular flexibility index (Phi) is 8.34. The molecule has 4 atom stereocenters. The Labute approximate surface area is 209 Å². The van der Waals surface area contributed by atoms with Gasteiger partial charge < -0.3 is 19.5 Å². The number of nitrogens with zero attached hydrogens (tertiary/aromatic N) is 4. The molecular weight excluding hydrogens is 476 g/mol. The molecule has 11 nitrogen and oxygen atoms in total. The number of amides is 2. The zero-order valence-corrected chi connectivity index (χ0v) is 21.6. The van der Waals surface area contributed by atoms with Gasteiger partial charge in [-0.15, -0.1) is 6.58 Å². The van der Waals surface area contributed by atoms with Gasteiger partial charge in [-0.1, -0.05) is 38.4 Å². The molecule has 192 valence electrons. The molecule has 1 aliphatic rings. The lowest BCUT2D eigenvalue weighted by atomic mass is 10.0. The SMILES string of the molecule is C=CCO[C@@H]1[C@H](NC(=O)OC(C)(C)C)[C@@H](CC)O[C@H]1n1cnc2c(Cl)nc(NC(=O)C(C)C)nc21. The average Bonchev–Trinajstić information content (AvgIpc) is 3.32. The molecule has 2 aromatic rings. The van der Waals surface area contributed by atoms with Crippen LogP contribution in [0.15, 0.2) is 19.0 Å². The molecule has 1 saturated heterocycles. The van der Waals surface area contributed by atoms with Gasteiger partial charge in [0.2, 0.25) is 11.9 Å². The first kappa shape index (κ1) is 26.8. The molecule has 12 heteroatoms. The highest BCUT2D eigenvalue weighted by Gasteiger charge is 2.47. The normalized spacial score (nSPS) is 22.4. The van der Waals surface area contributed by atoms with Crippen LogP contribution in [0, 0.1) is 5.92 Å². The summed E-state index contributed by atoms with van der Waals surface area (Å²) in [5, 5.41) is 5.65. The van der Waals surface area contributed by atoms with E-state index in [9.17, 15) is 9.59 Å². The summed E-state index contributed by atoms with van der Waals surface area (Å²) in [5.74, 6) is -0.457. The van der Waals surface area contributed by atoms with E-state index in [0.29, 0.717) is 17.6 Å². The molecule has 1 aliphatic heterocycles. The van der Waals surface area contributed by atoms with Gasteiger partial charge in [0.1, 0.15) is 17.2 Å². The largest absolute Gasteiger partial charge is 0.444 e. The van der Waals surface area contributed by atoms with Crippen LogP contribution in [0.1, 0.15) is 54.2 Å². The van der Waals surface area contributed by atoms with Crippen molar-refractivity contribution >= 4 is 40.7 Å². The van der Waals surface area contributed by atoms with Crippen molar-refractivity contribution < 1.29 is 23.8 Å². The third kappa shape index (κ3) is 6.28. The molecule has 3 rings (SSSR count). The van der Waals surface area contributed by atoms with Gasteiger partial charge in [0.05, 0.1) is 25.1 Å². The third-order valence-electron chi connectivity index (χ3n) is 5.25. The van der Waals surface area contributed by atoms with E-state index in [4.69, 9.17) is 25.8 Å². The molecule has 0 saturated carbocycles. The summed E-state index contributed by atoms with van der Waals surface area (Å²) in [5.41, 5.74) is 0.0404. The van der Waals surface area contributed by atoms with E-state index in [-0.39, 0.29) is 35.6 Å². The maximum Gasteiger partial charge on any atom is 0.408 e. The number of ether oxygens (including phenoxy) is 3. The minimum Gasteiger partial charge on any atom is -0.444 e. The van der Waals surface area contributed by atoms with Gasteiger partial charge in [0.25, 0.3) is 0 Å². The second kappa shape index (κ2) is 10.9. The second-order valence-electron chi connectivity index (χ2n) is 9.54. The van der Waals surface area contributed by atoms with Gasteiger partial charge in [0, 0.05) is 5.92 Å². The maximum absolute atomic E-state index is 12.6. The van der Waals surface area contributed by atoms with Gasteiger partial charge in [-0.2, -0.15) is 9.97 Å². The van der Waals surface area contributed by atoms with E-state index in [1.807, 2.05) is 6.92 Å². The molecular formula is C23H33ClN6O5. The molecule has 0 spiro atoms. The van der Waals surface area contributed by atoms with Crippen molar-refractivity contribution in [3.8, 4) is 0 Å². The van der Waals surface area contributed by atoms with Gasteiger partial charge in [-0.3, -0.25) is 14.7 Å². The quantitative estimate of drug-likeness (QED) is 0.406. The van der Waals surface area contributed by atoms with Crippen molar-refractivity contribution in [2.24, 2.45) is 5.92 Å². The summed E-state index contributed by atoms with van der Waals surface area (Å²) in [6.45, 7) is 14.8. The lowest BCUT2D eigenvalue weighted by Crippen LogP contribution is -2.49. The molecule has 0 unspecified atom stereocenters. The van der Waals surface area contributed by atoms with Crippen LogP contribution < -0.4 is 10.6 Å². The van der Waals surface area contributed by atoms with Crippen LogP contribution in [0.4, 0.5) is 10.7 Å². The number of carbonyl (C=O) groups is 2. The monoisotopic (exact) mass is 508 g/mol. The maximum atomic E-state index is 12.6. The number of anilines is 1. The number of hydrogen-bond donors (Lipinski definition) is 2. The summed E-state index contributed by atoms with van der Waals surface area (Å²) in [4.78, 5) is 37.7. The van der Waals surface area contributed by atoms with E-state index < -0.39 is 30.1 Å². The summed E-state index contributed by atoms with van der Waals surface area (Å²) < 4.78 is 19.5. The van der Waals surface area contributed by atoms with Gasteiger partial charge in [0.15, 0.2) is 17.0 Å². The number of imidazole rings is 1. The molecule has 1 fully saturated rings. The van der Waals surface area contributed by atoms with Crippen LogP contribution in [0.5, 0.6) is 0 Å². The van der Waals surface area contributed by atoms with Crippen molar-refractivity contribution in [1.82, 2.24) is 24.8 Å². The standard InChI is InChI=1S/C23H33ClN6O5/c1-8-10-33-16-14(26-22(32)35-23(5,6)7)13(9-2)34-20(16)30-11-25-15-17(24)27-21(28-18(15)30)29-19(31)12(3)4/h8,11-14,16,20H,1,9-10H2,2-7H3,(H,26,32)(H,27,28,29,31)/t13-,14-,16-,20-/m1/s1. The van der Waals surface area contributed by atoms with E-state index in [1.54, 1.807) is 45.3 Å². The fraction of sp³-hybridized carbons (Fsp3) is 0.609. The second-order valence-corrected chi connectivity index (χ2v) is 9.90. The lowest BCUT2D eigenvalue weighted by Gasteiger charge is -2.27. The summed E-state index contributed by atoms with van der Waals surface area (Å²) >= 11 is 6.34. The number of rotatable bonds is 8. The van der Waals surface area contributed by atoms with Crippen molar-refractivity contribution in [2.75, 3.05) is 11.9 Å². The van der Waals surface area contributed by atoms with Crippen molar-refractivity contribution in [1.29, 1.82) is 0 Å². The fourth-order valence-electron chi connectivity index (χ4n) is 3.67. The number of hydrogen-bond acceptors (Lipinski definition) is 8. The van der Waals surface area contributed by atoms with Crippen LogP contribution >= 0.6 is 11.6 Å². The van der Waals surface area contributed by atoms with Crippen LogP contribution in [-0.4, -0.2) is 62.0 Å². The lowest BCUT2D eigenvalue weighted by molar-refractivity contribution is -0.118. The van der Waals surface area contributed by atoms with E-state index in [1.165, 1.54) is 6.33 Å². The van der Waals surface area contributed by atoms with Gasteiger partial charge in [-0.25, -0.2) is 9.78 Å². The molecule has 0 radical (unpaired) electrons. The zero-order chi connectivity index (χ0) is 25.9. The highest BCUT2D eigenvalue weighted by Crippen LogP contribution is 2.36. The first-order valence-electron chi connectivity index (χ1n) is 11.5. The number of nitrogens with one attached hydrogen (secondary N) is 2. The highest BCUT2D eigenvalue weighted by molar-refractivity contribution is 6.33. The van der Waals surface area contributed by atoms with E-state index >= 15 is 0 Å². The van der Waals surface area contributed by atoms with Crippen LogP contribution in [0.3, 0.4) is 0 Å². The minimum absolute atomic E-state index is 0.0555. The van der Waals surface area contributed by atoms with Crippen molar-refractivity contribution in [2.45, 2.75) is 78.0 Å². The first-order chi connectivity index (χ1) is 16.4. The Balaban J connectivity index is 1.98. The number of halogens is 1. The summed E-state index contributed by atoms with van der Waals surface area (Å²) in [6, 6.07) is -0.519. The Morgan fingerprint density at radius 1 is 1.34 bits per heavy atom. The molecule has 2 amide bonds. The van der Waals surface area contributed by atoms with Crippen LogP contribution in [-0.2, 0) is 19.0 Å². The summed E-state index contributed by atoms with van der Waals surface area (Å²) in [7, 11) is 0. The van der Waals surface area contributed by atoms with Crippen LogP contribution in [0.2, 0.25) is 5.15 Å². The average molecular weight is 509 g/mol. The Morgan fingerprint density at radius 2 is 2.06 bits per heavy atom. The molecule has 3 heterocycles. The number of carbonyl (C=O) groups excluding carboxylic acids is 2. The minimum atomic E-state index is -0.704. The molecule has 0 aliphatic carbocycles. The summed E-state index contributed by atoms with van der Waals surface area (Å²) in [6.07, 6.45) is 1.47. The Morgan fingerprint density at radius 3 is 2.66 bits per heavy atom. The van der Waals surface area contributed by atoms with Gasteiger partial charge >= 0.3 is 6.09 Å². The Hall–Kier alpha value is -2.76. The Bertz CT molecular complexity index is 1080. The topological polar surface area (TPSA) is 129 Å². The smallest absolute Gasteiger partial charge is 0.408 e. The molecule has 2 N–H and O–H groups in total. The number of fused-ring (bicyclic) bond motifs is 1. The number of aromatic nitrogens is 4. The molecule has 2 aromatic heterocycles. The fourth-order valence-corrected chi connectivity index (χ4v) is 3.88. The highest BCUT2D eigenvalue weighted by atomic mass is 35.5. The van der Waals surface area contributed by atoms with Gasteiger partial charge in [-0.05, 0) is 27.2 Å². The predicted molar refractivity (Wildman–Crippen MR) is 131 cm³/mol. The van der Waals surface area contributed by atoms with E-state index in [2.05, 4.69) is 32.2 Å². The number of alkyl carbamates (subject to hydrolysis) is 1. The molecule has 0 bridgehead atoms. The van der Waals surface area contributed by atoms with Crippen molar-refractivity contribution in [3.63, 3.8) is 0 Å². The van der Waals surface area contributed by atoms with E-state index in [0.717, 1.165) is 0 Å². The zero-order valence-electron chi connectivity index (χ0n) is 20.9. The molecule has 35 heavy (non-hydrogen) atoms.